The van der Waals surface area contributed by atoms with Gasteiger partial charge in [0.2, 0.25) is 0 Å². The van der Waals surface area contributed by atoms with Crippen molar-refractivity contribution in [2.75, 3.05) is 17.2 Å². The SMILES string of the molecule is C=C(Br)CNC(=O)Nc1ccc(NC(=O)c2ccco2)c(C)c1. The molecule has 3 N–H and O–H groups in total. The summed E-state index contributed by atoms with van der Waals surface area (Å²) in [5.41, 5.74) is 2.08. The highest BCUT2D eigenvalue weighted by Gasteiger charge is 2.11. The third kappa shape index (κ3) is 5.00. The van der Waals surface area contributed by atoms with E-state index in [0.717, 1.165) is 5.56 Å². The van der Waals surface area contributed by atoms with Crippen LogP contribution < -0.4 is 16.0 Å². The maximum Gasteiger partial charge on any atom is 0.319 e. The van der Waals surface area contributed by atoms with E-state index in [0.29, 0.717) is 22.4 Å². The lowest BCUT2D eigenvalue weighted by atomic mass is 10.1. The second-order valence-electron chi connectivity index (χ2n) is 4.79. The number of hydrogen-bond acceptors (Lipinski definition) is 3. The summed E-state index contributed by atoms with van der Waals surface area (Å²) < 4.78 is 5.72. The Morgan fingerprint density at radius 1 is 1.26 bits per heavy atom. The van der Waals surface area contributed by atoms with Crippen LogP contribution in [0.4, 0.5) is 16.2 Å². The summed E-state index contributed by atoms with van der Waals surface area (Å²) in [4.78, 5) is 23.6. The van der Waals surface area contributed by atoms with E-state index < -0.39 is 0 Å². The highest BCUT2D eigenvalue weighted by atomic mass is 79.9. The van der Waals surface area contributed by atoms with Crippen LogP contribution in [0.25, 0.3) is 0 Å². The van der Waals surface area contributed by atoms with Crippen LogP contribution in [0.5, 0.6) is 0 Å². The molecule has 0 radical (unpaired) electrons. The molecule has 1 aromatic carbocycles. The first-order valence-electron chi connectivity index (χ1n) is 6.79. The van der Waals surface area contributed by atoms with Crippen molar-refractivity contribution < 1.29 is 14.0 Å². The van der Waals surface area contributed by atoms with E-state index in [-0.39, 0.29) is 17.7 Å². The Bertz CT molecular complexity index is 726. The molecule has 120 valence electrons. The molecular weight excluding hydrogens is 362 g/mol. The van der Waals surface area contributed by atoms with Crippen LogP contribution >= 0.6 is 15.9 Å². The number of aryl methyl sites for hydroxylation is 1. The van der Waals surface area contributed by atoms with E-state index in [9.17, 15) is 9.59 Å². The lowest BCUT2D eigenvalue weighted by Crippen LogP contribution is -2.29. The predicted molar refractivity (Wildman–Crippen MR) is 92.9 cm³/mol. The minimum Gasteiger partial charge on any atom is -0.459 e. The van der Waals surface area contributed by atoms with Gasteiger partial charge in [-0.05, 0) is 42.8 Å². The Morgan fingerprint density at radius 3 is 2.65 bits per heavy atom. The van der Waals surface area contributed by atoms with Gasteiger partial charge in [0.25, 0.3) is 5.91 Å². The monoisotopic (exact) mass is 377 g/mol. The zero-order chi connectivity index (χ0) is 16.8. The number of halogens is 1. The van der Waals surface area contributed by atoms with E-state index in [1.54, 1.807) is 30.3 Å². The number of furan rings is 1. The Balaban J connectivity index is 1.99. The fourth-order valence-electron chi connectivity index (χ4n) is 1.82. The molecule has 0 fully saturated rings. The van der Waals surface area contributed by atoms with Crippen molar-refractivity contribution >= 4 is 39.2 Å². The summed E-state index contributed by atoms with van der Waals surface area (Å²) in [7, 11) is 0. The highest BCUT2D eigenvalue weighted by molar-refractivity contribution is 9.11. The molecule has 1 heterocycles. The second-order valence-corrected chi connectivity index (χ2v) is 5.91. The molecule has 6 nitrogen and oxygen atoms in total. The topological polar surface area (TPSA) is 83.4 Å². The maximum atomic E-state index is 11.9. The predicted octanol–water partition coefficient (Wildman–Crippen LogP) is 3.87. The molecule has 0 saturated heterocycles. The molecule has 3 amide bonds. The average molecular weight is 378 g/mol. The Labute approximate surface area is 142 Å². The molecule has 23 heavy (non-hydrogen) atoms. The molecule has 0 saturated carbocycles. The number of urea groups is 1. The summed E-state index contributed by atoms with van der Waals surface area (Å²) >= 11 is 3.16. The van der Waals surface area contributed by atoms with Gasteiger partial charge in [-0.1, -0.05) is 22.5 Å². The van der Waals surface area contributed by atoms with Crippen LogP contribution in [0.1, 0.15) is 16.1 Å². The van der Waals surface area contributed by atoms with Gasteiger partial charge in [-0.15, -0.1) is 0 Å². The Kier molecular flexibility index (Phi) is 5.59. The van der Waals surface area contributed by atoms with Gasteiger partial charge in [0.05, 0.1) is 12.8 Å². The first kappa shape index (κ1) is 16.8. The fraction of sp³-hybridized carbons (Fsp3) is 0.125. The van der Waals surface area contributed by atoms with Gasteiger partial charge in [0.15, 0.2) is 5.76 Å². The van der Waals surface area contributed by atoms with Crippen LogP contribution in [-0.4, -0.2) is 18.5 Å². The molecule has 0 aliphatic carbocycles. The van der Waals surface area contributed by atoms with Crippen molar-refractivity contribution in [3.63, 3.8) is 0 Å². The molecular formula is C16H16BrN3O3. The Morgan fingerprint density at radius 2 is 2.04 bits per heavy atom. The van der Waals surface area contributed by atoms with E-state index in [1.165, 1.54) is 6.26 Å². The van der Waals surface area contributed by atoms with Crippen molar-refractivity contribution in [3.05, 3.63) is 59.0 Å². The molecule has 0 spiro atoms. The number of rotatable bonds is 5. The number of nitrogens with one attached hydrogen (secondary N) is 3. The summed E-state index contributed by atoms with van der Waals surface area (Å²) in [5, 5.41) is 8.09. The normalized spacial score (nSPS) is 10.0. The molecule has 2 aromatic rings. The van der Waals surface area contributed by atoms with Gasteiger partial charge < -0.3 is 20.4 Å². The first-order chi connectivity index (χ1) is 11.0. The molecule has 0 atom stereocenters. The highest BCUT2D eigenvalue weighted by Crippen LogP contribution is 2.20. The van der Waals surface area contributed by atoms with Gasteiger partial charge in [0.1, 0.15) is 0 Å². The van der Waals surface area contributed by atoms with Crippen molar-refractivity contribution in [2.45, 2.75) is 6.92 Å². The van der Waals surface area contributed by atoms with E-state index in [1.807, 2.05) is 6.92 Å². The van der Waals surface area contributed by atoms with E-state index in [2.05, 4.69) is 38.5 Å². The molecule has 2 rings (SSSR count). The quantitative estimate of drug-likeness (QED) is 0.739. The van der Waals surface area contributed by atoms with Gasteiger partial charge in [-0.25, -0.2) is 4.79 Å². The lowest BCUT2D eigenvalue weighted by molar-refractivity contribution is 0.0996. The number of carbonyl (C=O) groups excluding carboxylic acids is 2. The van der Waals surface area contributed by atoms with Crippen LogP contribution in [0.3, 0.4) is 0 Å². The molecule has 0 bridgehead atoms. The minimum atomic E-state index is -0.336. The fourth-order valence-corrected chi connectivity index (χ4v) is 1.97. The smallest absolute Gasteiger partial charge is 0.319 e. The van der Waals surface area contributed by atoms with Gasteiger partial charge in [-0.3, -0.25) is 4.79 Å². The summed E-state index contributed by atoms with van der Waals surface area (Å²) in [5.74, 6) is -0.0895. The first-order valence-corrected chi connectivity index (χ1v) is 7.58. The molecule has 0 aliphatic heterocycles. The zero-order valence-electron chi connectivity index (χ0n) is 12.5. The average Bonchev–Trinajstić information content (AvgIpc) is 3.02. The number of carbonyl (C=O) groups is 2. The largest absolute Gasteiger partial charge is 0.459 e. The van der Waals surface area contributed by atoms with Crippen molar-refractivity contribution in [1.82, 2.24) is 5.32 Å². The maximum absolute atomic E-state index is 11.9. The van der Waals surface area contributed by atoms with Crippen molar-refractivity contribution in [2.24, 2.45) is 0 Å². The molecule has 7 heteroatoms. The second kappa shape index (κ2) is 7.64. The number of amides is 3. The number of hydrogen-bond donors (Lipinski definition) is 3. The van der Waals surface area contributed by atoms with Gasteiger partial charge in [0, 0.05) is 15.9 Å². The minimum absolute atomic E-state index is 0.237. The summed E-state index contributed by atoms with van der Waals surface area (Å²) in [6.07, 6.45) is 1.44. The van der Waals surface area contributed by atoms with Crippen molar-refractivity contribution in [3.8, 4) is 0 Å². The lowest BCUT2D eigenvalue weighted by Gasteiger charge is -2.11. The van der Waals surface area contributed by atoms with Crippen LogP contribution in [0, 0.1) is 6.92 Å². The zero-order valence-corrected chi connectivity index (χ0v) is 14.1. The molecule has 0 aliphatic rings. The van der Waals surface area contributed by atoms with Gasteiger partial charge >= 0.3 is 6.03 Å². The molecule has 1 aromatic heterocycles. The number of anilines is 2. The number of benzene rings is 1. The third-order valence-electron chi connectivity index (χ3n) is 2.92. The third-order valence-corrected chi connectivity index (χ3v) is 3.20. The van der Waals surface area contributed by atoms with Crippen molar-refractivity contribution in [1.29, 1.82) is 0 Å². The standard InChI is InChI=1S/C16H16BrN3O3/c1-10-8-12(19-16(22)18-9-11(2)17)5-6-13(10)20-15(21)14-4-3-7-23-14/h3-8H,2,9H2,1H3,(H,20,21)(H2,18,19,22). The Hall–Kier alpha value is -2.54. The van der Waals surface area contributed by atoms with E-state index in [4.69, 9.17) is 4.42 Å². The summed E-state index contributed by atoms with van der Waals surface area (Å²) in [6, 6.07) is 8.08. The van der Waals surface area contributed by atoms with Gasteiger partial charge in [-0.2, -0.15) is 0 Å². The van der Waals surface area contributed by atoms with Crippen LogP contribution in [0.2, 0.25) is 0 Å². The van der Waals surface area contributed by atoms with Crippen LogP contribution in [-0.2, 0) is 0 Å². The van der Waals surface area contributed by atoms with E-state index >= 15 is 0 Å². The van der Waals surface area contributed by atoms with Crippen LogP contribution in [0.15, 0.2) is 52.1 Å². The summed E-state index contributed by atoms with van der Waals surface area (Å²) in [6.45, 7) is 5.80. The molecule has 0 unspecified atom stereocenters.